The highest BCUT2D eigenvalue weighted by molar-refractivity contribution is 5.93. The van der Waals surface area contributed by atoms with E-state index < -0.39 is 0 Å². The first-order valence-corrected chi connectivity index (χ1v) is 7.25. The van der Waals surface area contributed by atoms with Gasteiger partial charge in [-0.3, -0.25) is 0 Å². The van der Waals surface area contributed by atoms with E-state index in [4.69, 9.17) is 0 Å². The number of nitrogens with zero attached hydrogens (tertiary/aromatic N) is 2. The van der Waals surface area contributed by atoms with Gasteiger partial charge in [0.25, 0.3) is 0 Å². The van der Waals surface area contributed by atoms with Crippen LogP contribution in [-0.2, 0) is 5.41 Å². The van der Waals surface area contributed by atoms with E-state index in [2.05, 4.69) is 70.8 Å². The van der Waals surface area contributed by atoms with Gasteiger partial charge in [-0.15, -0.1) is 0 Å². The molecule has 1 aliphatic heterocycles. The molecule has 0 amide bonds. The average Bonchev–Trinajstić information content (AvgIpc) is 2.50. The summed E-state index contributed by atoms with van der Waals surface area (Å²) in [5.74, 6) is 0. The molecule has 0 aliphatic carbocycles. The third-order valence-corrected chi connectivity index (χ3v) is 4.39. The molecule has 2 nitrogen and oxygen atoms in total. The van der Waals surface area contributed by atoms with Crippen LogP contribution in [0.25, 0.3) is 0 Å². The lowest BCUT2D eigenvalue weighted by Gasteiger charge is -2.23. The van der Waals surface area contributed by atoms with E-state index in [1.165, 1.54) is 29.9 Å². The third kappa shape index (κ3) is 2.74. The highest BCUT2D eigenvalue weighted by Crippen LogP contribution is 2.39. The van der Waals surface area contributed by atoms with Crippen LogP contribution < -0.4 is 0 Å². The molecule has 0 unspecified atom stereocenters. The highest BCUT2D eigenvalue weighted by atomic mass is 15.3. The fourth-order valence-corrected chi connectivity index (χ4v) is 2.94. The largest absolute Gasteiger partial charge is 0.331 e. The number of hydrogen-bond acceptors (Lipinski definition) is 0. The summed E-state index contributed by atoms with van der Waals surface area (Å²) in [4.78, 5) is 0. The van der Waals surface area contributed by atoms with Gasteiger partial charge >= 0.3 is 0 Å². The quantitative estimate of drug-likeness (QED) is 0.578. The number of rotatable bonds is 4. The van der Waals surface area contributed by atoms with E-state index in [1.807, 2.05) is 0 Å². The van der Waals surface area contributed by atoms with Gasteiger partial charge in [-0.05, 0) is 13.8 Å². The standard InChI is InChI=1S/C17H28N2/c1-14-17(2,3)15-10-7-8-11-16(15)18(14)12-9-13-19(4,5)6/h7-8,10-11H,9,12-13H2,1-6H3/q+2. The molecule has 0 N–H and O–H groups in total. The van der Waals surface area contributed by atoms with Gasteiger partial charge in [0, 0.05) is 18.6 Å². The zero-order chi connectivity index (χ0) is 14.3. The van der Waals surface area contributed by atoms with Gasteiger partial charge in [-0.2, -0.15) is 4.58 Å². The molecular weight excluding hydrogens is 232 g/mol. The summed E-state index contributed by atoms with van der Waals surface area (Å²) in [7, 11) is 6.79. The van der Waals surface area contributed by atoms with Crippen molar-refractivity contribution in [3.63, 3.8) is 0 Å². The minimum Gasteiger partial charge on any atom is -0.331 e. The number of benzene rings is 1. The second-order valence-electron chi connectivity index (χ2n) is 7.25. The van der Waals surface area contributed by atoms with Crippen molar-refractivity contribution in [1.29, 1.82) is 0 Å². The monoisotopic (exact) mass is 260 g/mol. The van der Waals surface area contributed by atoms with E-state index >= 15 is 0 Å². The third-order valence-electron chi connectivity index (χ3n) is 4.39. The van der Waals surface area contributed by atoms with E-state index in [-0.39, 0.29) is 5.41 Å². The van der Waals surface area contributed by atoms with Crippen LogP contribution in [-0.4, -0.2) is 49.0 Å². The normalized spacial score (nSPS) is 17.8. The summed E-state index contributed by atoms with van der Waals surface area (Å²) in [6.07, 6.45) is 1.23. The Kier molecular flexibility index (Phi) is 3.57. The molecule has 1 aliphatic rings. The minimum absolute atomic E-state index is 0.174. The van der Waals surface area contributed by atoms with Gasteiger partial charge in [0.15, 0.2) is 12.3 Å². The van der Waals surface area contributed by atoms with Gasteiger partial charge in [0.1, 0.15) is 0 Å². The highest BCUT2D eigenvalue weighted by Gasteiger charge is 2.42. The first-order chi connectivity index (χ1) is 8.73. The van der Waals surface area contributed by atoms with Crippen LogP contribution in [0.1, 0.15) is 32.8 Å². The molecule has 0 atom stereocenters. The van der Waals surface area contributed by atoms with Crippen molar-refractivity contribution in [2.24, 2.45) is 0 Å². The van der Waals surface area contributed by atoms with Crippen molar-refractivity contribution in [3.8, 4) is 0 Å². The molecule has 19 heavy (non-hydrogen) atoms. The summed E-state index contributed by atoms with van der Waals surface area (Å²) < 4.78 is 3.56. The predicted molar refractivity (Wildman–Crippen MR) is 82.5 cm³/mol. The summed E-state index contributed by atoms with van der Waals surface area (Å²) in [6, 6.07) is 8.85. The number of hydrogen-bond donors (Lipinski definition) is 0. The van der Waals surface area contributed by atoms with Crippen LogP contribution in [0.3, 0.4) is 0 Å². The van der Waals surface area contributed by atoms with Crippen molar-refractivity contribution >= 4 is 11.4 Å². The Hall–Kier alpha value is -1.15. The second kappa shape index (κ2) is 4.75. The first-order valence-electron chi connectivity index (χ1n) is 7.25. The van der Waals surface area contributed by atoms with Crippen molar-refractivity contribution in [2.45, 2.75) is 32.6 Å². The molecule has 0 fully saturated rings. The Morgan fingerprint density at radius 1 is 1.11 bits per heavy atom. The first kappa shape index (κ1) is 14.3. The summed E-state index contributed by atoms with van der Waals surface area (Å²) in [6.45, 7) is 9.29. The fourth-order valence-electron chi connectivity index (χ4n) is 2.94. The Morgan fingerprint density at radius 2 is 1.74 bits per heavy atom. The van der Waals surface area contributed by atoms with Gasteiger partial charge in [-0.1, -0.05) is 18.2 Å². The van der Waals surface area contributed by atoms with Crippen molar-refractivity contribution in [2.75, 3.05) is 34.2 Å². The minimum atomic E-state index is 0.174. The zero-order valence-electron chi connectivity index (χ0n) is 13.3. The lowest BCUT2D eigenvalue weighted by molar-refractivity contribution is -0.871. The maximum Gasteiger partial charge on any atom is 0.209 e. The smallest absolute Gasteiger partial charge is 0.209 e. The maximum absolute atomic E-state index is 2.52. The van der Waals surface area contributed by atoms with Crippen molar-refractivity contribution in [1.82, 2.24) is 0 Å². The second-order valence-corrected chi connectivity index (χ2v) is 7.25. The summed E-state index contributed by atoms with van der Waals surface area (Å²) in [5.41, 5.74) is 4.53. The molecule has 0 bridgehead atoms. The van der Waals surface area contributed by atoms with Gasteiger partial charge < -0.3 is 4.48 Å². The molecule has 0 saturated heterocycles. The van der Waals surface area contributed by atoms with E-state index in [1.54, 1.807) is 0 Å². The van der Waals surface area contributed by atoms with Crippen LogP contribution in [0.15, 0.2) is 24.3 Å². The SMILES string of the molecule is CC1=[N+](CCC[N+](C)(C)C)c2ccccc2C1(C)C. The van der Waals surface area contributed by atoms with Crippen LogP contribution in [0, 0.1) is 0 Å². The van der Waals surface area contributed by atoms with E-state index in [9.17, 15) is 0 Å². The molecule has 0 radical (unpaired) electrons. The Labute approximate surface area is 118 Å². The van der Waals surface area contributed by atoms with Gasteiger partial charge in [-0.25, -0.2) is 0 Å². The van der Waals surface area contributed by atoms with Crippen LogP contribution in [0.4, 0.5) is 5.69 Å². The molecule has 1 aromatic rings. The van der Waals surface area contributed by atoms with Crippen LogP contribution >= 0.6 is 0 Å². The maximum atomic E-state index is 2.52. The number of fused-ring (bicyclic) bond motifs is 1. The molecule has 1 aromatic carbocycles. The van der Waals surface area contributed by atoms with Crippen LogP contribution in [0.2, 0.25) is 0 Å². The van der Waals surface area contributed by atoms with Gasteiger partial charge in [0.2, 0.25) is 5.69 Å². The number of quaternary nitrogens is 1. The lowest BCUT2D eigenvalue weighted by atomic mass is 9.82. The molecule has 2 heteroatoms. The topological polar surface area (TPSA) is 3.01 Å². The Morgan fingerprint density at radius 3 is 2.37 bits per heavy atom. The Balaban J connectivity index is 2.23. The van der Waals surface area contributed by atoms with Crippen molar-refractivity contribution in [3.05, 3.63) is 29.8 Å². The Bertz CT molecular complexity index is 504. The molecular formula is C17H28N2+2. The fraction of sp³-hybridized carbons (Fsp3) is 0.588. The molecule has 104 valence electrons. The van der Waals surface area contributed by atoms with E-state index in [0.29, 0.717) is 0 Å². The van der Waals surface area contributed by atoms with Crippen LogP contribution in [0.5, 0.6) is 0 Å². The number of para-hydroxylation sites is 1. The molecule has 0 saturated carbocycles. The summed E-state index contributed by atoms with van der Waals surface area (Å²) >= 11 is 0. The van der Waals surface area contributed by atoms with E-state index in [0.717, 1.165) is 11.0 Å². The lowest BCUT2D eigenvalue weighted by Crippen LogP contribution is -2.36. The van der Waals surface area contributed by atoms with Crippen molar-refractivity contribution < 1.29 is 9.06 Å². The predicted octanol–water partition coefficient (Wildman–Crippen LogP) is 3.18. The molecule has 2 rings (SSSR count). The van der Waals surface area contributed by atoms with Gasteiger partial charge in [0.05, 0.1) is 39.5 Å². The molecule has 0 aromatic heterocycles. The molecule has 0 spiro atoms. The zero-order valence-corrected chi connectivity index (χ0v) is 13.3. The summed E-state index contributed by atoms with van der Waals surface area (Å²) in [5, 5.41) is 0. The molecule has 1 heterocycles. The average molecular weight is 260 g/mol.